The zero-order chi connectivity index (χ0) is 13.2. The molecule has 0 unspecified atom stereocenters. The summed E-state index contributed by atoms with van der Waals surface area (Å²) in [6, 6.07) is 0. The van der Waals surface area contributed by atoms with Gasteiger partial charge in [0.2, 0.25) is 0 Å². The van der Waals surface area contributed by atoms with Gasteiger partial charge in [0.05, 0.1) is 0 Å². The Morgan fingerprint density at radius 2 is 1.44 bits per heavy atom. The normalized spacial score (nSPS) is 22.3. The van der Waals surface area contributed by atoms with E-state index in [1.54, 1.807) is 6.92 Å². The van der Waals surface area contributed by atoms with E-state index >= 15 is 0 Å². The lowest BCUT2D eigenvalue weighted by Gasteiger charge is -2.37. The molecule has 0 N–H and O–H groups in total. The van der Waals surface area contributed by atoms with Gasteiger partial charge in [-0.2, -0.15) is 0 Å². The van der Waals surface area contributed by atoms with Crippen LogP contribution in [0.15, 0.2) is 12.2 Å². The summed E-state index contributed by atoms with van der Waals surface area (Å²) in [5.74, 6) is -0.136. The minimum atomic E-state index is -1.92. The lowest BCUT2D eigenvalue weighted by Crippen LogP contribution is -2.45. The highest BCUT2D eigenvalue weighted by Gasteiger charge is 2.49. The summed E-state index contributed by atoms with van der Waals surface area (Å²) in [6.07, 6.45) is 10.4. The van der Waals surface area contributed by atoms with Crippen molar-refractivity contribution in [3.8, 4) is 0 Å². The number of hydrogen-bond donors (Lipinski definition) is 0. The molecule has 3 heteroatoms. The van der Waals surface area contributed by atoms with Crippen LogP contribution in [0.4, 0.5) is 0 Å². The molecule has 0 bridgehead atoms. The van der Waals surface area contributed by atoms with Crippen molar-refractivity contribution in [1.29, 1.82) is 0 Å². The van der Waals surface area contributed by atoms with Gasteiger partial charge in [0.1, 0.15) is 0 Å². The van der Waals surface area contributed by atoms with E-state index in [9.17, 15) is 4.79 Å². The summed E-state index contributed by atoms with van der Waals surface area (Å²) >= 11 is 0. The van der Waals surface area contributed by atoms with Crippen LogP contribution in [-0.4, -0.2) is 14.3 Å². The Kier molecular flexibility index (Phi) is 4.31. The summed E-state index contributed by atoms with van der Waals surface area (Å²) in [5, 5.41) is 0. The average molecular weight is 266 g/mol. The maximum Gasteiger partial charge on any atom is 0.319 e. The van der Waals surface area contributed by atoms with E-state index < -0.39 is 8.32 Å². The highest BCUT2D eigenvalue weighted by Crippen LogP contribution is 2.50. The Labute approximate surface area is 112 Å². The first-order valence-corrected chi connectivity index (χ1v) is 9.99. The fraction of sp³-hybridized carbons (Fsp3) is 0.800. The molecule has 2 nitrogen and oxygen atoms in total. The number of rotatable bonds is 4. The third kappa shape index (κ3) is 2.71. The van der Waals surface area contributed by atoms with Gasteiger partial charge in [0, 0.05) is 5.57 Å². The first kappa shape index (κ1) is 13.8. The van der Waals surface area contributed by atoms with Gasteiger partial charge >= 0.3 is 5.97 Å². The standard InChI is InChI=1S/C15H26O2Si/c1-12(2)15(16)17-18(3,13-8-4-5-9-13)14-10-6-7-11-14/h13-14H,1,4-11H2,2-3H3. The van der Waals surface area contributed by atoms with Crippen molar-refractivity contribution in [2.75, 3.05) is 0 Å². The first-order chi connectivity index (χ1) is 8.54. The van der Waals surface area contributed by atoms with E-state index in [2.05, 4.69) is 13.1 Å². The van der Waals surface area contributed by atoms with Gasteiger partial charge in [0.15, 0.2) is 0 Å². The van der Waals surface area contributed by atoms with Crippen molar-refractivity contribution < 1.29 is 9.22 Å². The molecule has 0 aromatic carbocycles. The highest BCUT2D eigenvalue weighted by atomic mass is 28.4. The molecule has 102 valence electrons. The summed E-state index contributed by atoms with van der Waals surface area (Å²) in [5.41, 5.74) is 1.96. The van der Waals surface area contributed by atoms with Gasteiger partial charge in [0.25, 0.3) is 8.32 Å². The zero-order valence-corrected chi connectivity index (χ0v) is 12.8. The molecule has 2 fully saturated rings. The molecule has 0 aliphatic heterocycles. The molecule has 0 aromatic rings. The van der Waals surface area contributed by atoms with E-state index in [0.717, 1.165) is 0 Å². The lowest BCUT2D eigenvalue weighted by atomic mass is 10.3. The summed E-state index contributed by atoms with van der Waals surface area (Å²) in [7, 11) is -1.92. The molecular formula is C15H26O2Si. The van der Waals surface area contributed by atoms with E-state index in [4.69, 9.17) is 4.43 Å². The second kappa shape index (κ2) is 5.60. The van der Waals surface area contributed by atoms with Gasteiger partial charge in [-0.25, -0.2) is 4.79 Å². The van der Waals surface area contributed by atoms with Crippen LogP contribution in [0.25, 0.3) is 0 Å². The number of carbonyl (C=O) groups is 1. The molecule has 18 heavy (non-hydrogen) atoms. The predicted molar refractivity (Wildman–Crippen MR) is 77.0 cm³/mol. The van der Waals surface area contributed by atoms with E-state index in [-0.39, 0.29) is 5.97 Å². The molecule has 0 heterocycles. The van der Waals surface area contributed by atoms with Crippen LogP contribution in [0, 0.1) is 0 Å². The Morgan fingerprint density at radius 1 is 1.06 bits per heavy atom. The summed E-state index contributed by atoms with van der Waals surface area (Å²) in [4.78, 5) is 12.0. The highest BCUT2D eigenvalue weighted by molar-refractivity contribution is 6.77. The van der Waals surface area contributed by atoms with Gasteiger partial charge in [-0.05, 0) is 50.2 Å². The monoisotopic (exact) mass is 266 g/mol. The lowest BCUT2D eigenvalue weighted by molar-refractivity contribution is -0.131. The maximum absolute atomic E-state index is 12.0. The van der Waals surface area contributed by atoms with Crippen LogP contribution in [-0.2, 0) is 9.22 Å². The minimum absolute atomic E-state index is 0.136. The molecule has 0 aromatic heterocycles. The Morgan fingerprint density at radius 3 is 1.78 bits per heavy atom. The van der Waals surface area contributed by atoms with Crippen LogP contribution in [0.2, 0.25) is 17.6 Å². The van der Waals surface area contributed by atoms with Gasteiger partial charge in [-0.15, -0.1) is 0 Å². The molecule has 2 rings (SSSR count). The number of carbonyl (C=O) groups excluding carboxylic acids is 1. The molecule has 2 aliphatic rings. The summed E-state index contributed by atoms with van der Waals surface area (Å²) in [6.45, 7) is 7.82. The molecular weight excluding hydrogens is 240 g/mol. The van der Waals surface area contributed by atoms with Gasteiger partial charge in [-0.1, -0.05) is 32.3 Å². The molecule has 0 radical (unpaired) electrons. The van der Waals surface area contributed by atoms with E-state index in [0.29, 0.717) is 16.7 Å². The van der Waals surface area contributed by atoms with E-state index in [1.807, 2.05) is 0 Å². The van der Waals surface area contributed by atoms with Crippen molar-refractivity contribution in [3.05, 3.63) is 12.2 Å². The molecule has 2 saturated carbocycles. The van der Waals surface area contributed by atoms with Crippen LogP contribution < -0.4 is 0 Å². The molecule has 0 atom stereocenters. The van der Waals surface area contributed by atoms with Gasteiger partial charge in [-0.3, -0.25) is 0 Å². The maximum atomic E-state index is 12.0. The topological polar surface area (TPSA) is 26.3 Å². The third-order valence-electron chi connectivity index (χ3n) is 4.99. The fourth-order valence-corrected chi connectivity index (χ4v) is 8.47. The molecule has 0 spiro atoms. The Bertz CT molecular complexity index is 309. The van der Waals surface area contributed by atoms with Crippen molar-refractivity contribution in [2.45, 2.75) is 75.9 Å². The quantitative estimate of drug-likeness (QED) is 0.550. The third-order valence-corrected chi connectivity index (χ3v) is 10.0. The minimum Gasteiger partial charge on any atom is -0.516 e. The zero-order valence-electron chi connectivity index (χ0n) is 11.8. The first-order valence-electron chi connectivity index (χ1n) is 7.43. The average Bonchev–Trinajstić information content (AvgIpc) is 3.02. The fourth-order valence-electron chi connectivity index (χ4n) is 3.78. The van der Waals surface area contributed by atoms with Crippen molar-refractivity contribution in [3.63, 3.8) is 0 Å². The molecule has 2 aliphatic carbocycles. The van der Waals surface area contributed by atoms with Crippen LogP contribution in [0.3, 0.4) is 0 Å². The van der Waals surface area contributed by atoms with Gasteiger partial charge < -0.3 is 4.43 Å². The second-order valence-corrected chi connectivity index (χ2v) is 10.5. The van der Waals surface area contributed by atoms with Crippen molar-refractivity contribution >= 4 is 14.3 Å². The second-order valence-electron chi connectivity index (χ2n) is 6.32. The summed E-state index contributed by atoms with van der Waals surface area (Å²) < 4.78 is 6.07. The van der Waals surface area contributed by atoms with E-state index in [1.165, 1.54) is 51.4 Å². The molecule has 0 amide bonds. The Hall–Kier alpha value is -0.573. The smallest absolute Gasteiger partial charge is 0.319 e. The largest absolute Gasteiger partial charge is 0.516 e. The molecule has 0 saturated heterocycles. The Balaban J connectivity index is 2.15. The van der Waals surface area contributed by atoms with Crippen molar-refractivity contribution in [1.82, 2.24) is 0 Å². The number of hydrogen-bond acceptors (Lipinski definition) is 2. The SMILES string of the molecule is C=C(C)C(=O)O[Si](C)(C1CCCC1)C1CCCC1. The van der Waals surface area contributed by atoms with Crippen molar-refractivity contribution in [2.24, 2.45) is 0 Å². The van der Waals surface area contributed by atoms with Crippen LogP contribution in [0.5, 0.6) is 0 Å². The predicted octanol–water partition coefficient (Wildman–Crippen LogP) is 4.57. The van der Waals surface area contributed by atoms with Crippen LogP contribution in [0.1, 0.15) is 58.3 Å². The van der Waals surface area contributed by atoms with Crippen LogP contribution >= 0.6 is 0 Å².